The zero-order valence-electron chi connectivity index (χ0n) is 13.6. The van der Waals surface area contributed by atoms with Crippen molar-refractivity contribution in [1.29, 1.82) is 0 Å². The fourth-order valence-electron chi connectivity index (χ4n) is 3.08. The average molecular weight is 356 g/mol. The topological polar surface area (TPSA) is 67.8 Å². The molecule has 5 nitrogen and oxygen atoms in total. The summed E-state index contributed by atoms with van der Waals surface area (Å²) in [5, 5.41) is 3.28. The van der Waals surface area contributed by atoms with Crippen LogP contribution in [0.4, 0.5) is 9.52 Å². The molecule has 4 rings (SSSR count). The van der Waals surface area contributed by atoms with Crippen LogP contribution >= 0.6 is 11.3 Å². The van der Waals surface area contributed by atoms with Crippen molar-refractivity contribution in [1.82, 2.24) is 15.0 Å². The Bertz CT molecular complexity index is 914. The van der Waals surface area contributed by atoms with E-state index < -0.39 is 11.7 Å². The molecule has 1 N–H and O–H groups in total. The highest BCUT2D eigenvalue weighted by molar-refractivity contribution is 7.15. The van der Waals surface area contributed by atoms with Crippen LogP contribution in [0.15, 0.2) is 24.5 Å². The summed E-state index contributed by atoms with van der Waals surface area (Å²) in [5.41, 5.74) is 1.94. The molecule has 0 atom stereocenters. The van der Waals surface area contributed by atoms with Gasteiger partial charge in [0.25, 0.3) is 5.91 Å². The Morgan fingerprint density at radius 3 is 2.56 bits per heavy atom. The molecule has 0 aliphatic heterocycles. The molecule has 0 spiro atoms. The highest BCUT2D eigenvalue weighted by Gasteiger charge is 2.18. The summed E-state index contributed by atoms with van der Waals surface area (Å²) in [6.45, 7) is 0. The van der Waals surface area contributed by atoms with Crippen LogP contribution in [0.1, 0.15) is 46.6 Å². The van der Waals surface area contributed by atoms with Crippen molar-refractivity contribution < 1.29 is 9.18 Å². The number of rotatable bonds is 2. The van der Waals surface area contributed by atoms with Gasteiger partial charge in [0.1, 0.15) is 5.82 Å². The predicted octanol–water partition coefficient (Wildman–Crippen LogP) is 4.14. The Kier molecular flexibility index (Phi) is 4.40. The second-order valence-electron chi connectivity index (χ2n) is 6.13. The highest BCUT2D eigenvalue weighted by Crippen LogP contribution is 2.29. The molecule has 0 fully saturated rings. The van der Waals surface area contributed by atoms with Crippen molar-refractivity contribution in [2.24, 2.45) is 0 Å². The van der Waals surface area contributed by atoms with E-state index in [1.165, 1.54) is 53.6 Å². The number of hydrogen-bond donors (Lipinski definition) is 1. The van der Waals surface area contributed by atoms with Gasteiger partial charge in [0.15, 0.2) is 5.13 Å². The number of anilines is 1. The largest absolute Gasteiger partial charge is 0.298 e. The lowest BCUT2D eigenvalue weighted by molar-refractivity contribution is 0.102. The normalized spacial score (nSPS) is 14.6. The van der Waals surface area contributed by atoms with Crippen LogP contribution in [0, 0.1) is 5.82 Å². The van der Waals surface area contributed by atoms with Crippen molar-refractivity contribution in [3.8, 4) is 0 Å². The van der Waals surface area contributed by atoms with Gasteiger partial charge in [0.2, 0.25) is 0 Å². The third kappa shape index (κ3) is 3.37. The second-order valence-corrected chi connectivity index (χ2v) is 7.22. The molecule has 1 aromatic carbocycles. The minimum absolute atomic E-state index is 0.0457. The van der Waals surface area contributed by atoms with E-state index in [9.17, 15) is 9.18 Å². The van der Waals surface area contributed by atoms with E-state index in [4.69, 9.17) is 0 Å². The fourth-order valence-corrected chi connectivity index (χ4v) is 4.13. The molecule has 0 saturated heterocycles. The lowest BCUT2D eigenvalue weighted by atomic mass is 10.0. The van der Waals surface area contributed by atoms with E-state index in [1.807, 2.05) is 0 Å². The van der Waals surface area contributed by atoms with E-state index in [-0.39, 0.29) is 5.56 Å². The summed E-state index contributed by atoms with van der Waals surface area (Å²) in [7, 11) is 0. The van der Waals surface area contributed by atoms with E-state index in [0.717, 1.165) is 31.4 Å². The molecule has 2 heterocycles. The number of carbonyl (C=O) groups excluding carboxylic acids is 1. The number of carbonyl (C=O) groups is 1. The monoisotopic (exact) mass is 356 g/mol. The molecular formula is C18H17FN4OS. The quantitative estimate of drug-likeness (QED) is 0.749. The molecule has 0 saturated carbocycles. The van der Waals surface area contributed by atoms with Crippen molar-refractivity contribution >= 4 is 33.4 Å². The molecule has 128 valence electrons. The predicted molar refractivity (Wildman–Crippen MR) is 95.4 cm³/mol. The van der Waals surface area contributed by atoms with Crippen molar-refractivity contribution in [3.05, 3.63) is 46.5 Å². The second kappa shape index (κ2) is 6.84. The summed E-state index contributed by atoms with van der Waals surface area (Å²) in [5.74, 6) is -1.12. The van der Waals surface area contributed by atoms with E-state index >= 15 is 0 Å². The summed E-state index contributed by atoms with van der Waals surface area (Å²) in [6.07, 6.45) is 9.70. The molecule has 2 aromatic heterocycles. The van der Waals surface area contributed by atoms with E-state index in [2.05, 4.69) is 20.3 Å². The molecular weight excluding hydrogens is 339 g/mol. The first-order valence-corrected chi connectivity index (χ1v) is 9.22. The molecule has 1 amide bonds. The standard InChI is InChI=1S/C18H17FN4OS/c19-12-10-15-14(20-7-8-21-15)9-11(12)17(24)23-18-22-13-5-3-1-2-4-6-16(13)25-18/h7-10H,1-6H2,(H,22,23,24). The molecule has 0 bridgehead atoms. The van der Waals surface area contributed by atoms with Crippen molar-refractivity contribution in [2.45, 2.75) is 38.5 Å². The lowest BCUT2D eigenvalue weighted by Gasteiger charge is -2.06. The first kappa shape index (κ1) is 16.1. The maximum absolute atomic E-state index is 14.3. The Morgan fingerprint density at radius 1 is 1.04 bits per heavy atom. The number of benzene rings is 1. The van der Waals surface area contributed by atoms with Gasteiger partial charge in [0, 0.05) is 23.3 Å². The van der Waals surface area contributed by atoms with Gasteiger partial charge in [-0.2, -0.15) is 0 Å². The van der Waals surface area contributed by atoms with Crippen LogP contribution in [0.25, 0.3) is 11.0 Å². The van der Waals surface area contributed by atoms with Gasteiger partial charge in [-0.15, -0.1) is 11.3 Å². The van der Waals surface area contributed by atoms with Crippen LogP contribution < -0.4 is 5.32 Å². The molecule has 0 unspecified atom stereocenters. The minimum atomic E-state index is -0.611. The zero-order valence-corrected chi connectivity index (χ0v) is 14.4. The number of thiazole rings is 1. The Morgan fingerprint density at radius 2 is 1.76 bits per heavy atom. The number of nitrogens with one attached hydrogen (secondary N) is 1. The summed E-state index contributed by atoms with van der Waals surface area (Å²) >= 11 is 1.50. The number of aryl methyl sites for hydroxylation is 2. The number of hydrogen-bond acceptors (Lipinski definition) is 5. The number of halogens is 1. The molecule has 25 heavy (non-hydrogen) atoms. The van der Waals surface area contributed by atoms with Gasteiger partial charge in [-0.25, -0.2) is 9.37 Å². The number of aromatic nitrogens is 3. The van der Waals surface area contributed by atoms with Gasteiger partial charge in [-0.1, -0.05) is 12.8 Å². The van der Waals surface area contributed by atoms with Gasteiger partial charge in [-0.3, -0.25) is 20.1 Å². The van der Waals surface area contributed by atoms with Crippen molar-refractivity contribution in [2.75, 3.05) is 5.32 Å². The summed E-state index contributed by atoms with van der Waals surface area (Å²) in [6, 6.07) is 2.66. The zero-order chi connectivity index (χ0) is 17.2. The summed E-state index contributed by atoms with van der Waals surface area (Å²) in [4.78, 5) is 26.4. The third-order valence-electron chi connectivity index (χ3n) is 4.37. The van der Waals surface area contributed by atoms with Crippen LogP contribution in [-0.4, -0.2) is 20.9 Å². The third-order valence-corrected chi connectivity index (χ3v) is 5.44. The SMILES string of the molecule is O=C(Nc1nc2c(s1)CCCCCC2)c1cc2nccnc2cc1F. The number of fused-ring (bicyclic) bond motifs is 2. The first-order valence-electron chi connectivity index (χ1n) is 8.41. The van der Waals surface area contributed by atoms with Crippen LogP contribution in [0.3, 0.4) is 0 Å². The maximum Gasteiger partial charge on any atom is 0.260 e. The lowest BCUT2D eigenvalue weighted by Crippen LogP contribution is -2.14. The van der Waals surface area contributed by atoms with Crippen LogP contribution in [0.5, 0.6) is 0 Å². The molecule has 3 aromatic rings. The average Bonchev–Trinajstić information content (AvgIpc) is 2.95. The van der Waals surface area contributed by atoms with Crippen LogP contribution in [-0.2, 0) is 12.8 Å². The number of nitrogens with zero attached hydrogens (tertiary/aromatic N) is 3. The molecule has 1 aliphatic carbocycles. The van der Waals surface area contributed by atoms with E-state index in [1.54, 1.807) is 0 Å². The smallest absolute Gasteiger partial charge is 0.260 e. The molecule has 0 radical (unpaired) electrons. The Balaban J connectivity index is 1.60. The van der Waals surface area contributed by atoms with Gasteiger partial charge < -0.3 is 0 Å². The minimum Gasteiger partial charge on any atom is -0.298 e. The van der Waals surface area contributed by atoms with Gasteiger partial charge in [-0.05, 0) is 31.7 Å². The molecule has 7 heteroatoms. The molecule has 1 aliphatic rings. The number of amides is 1. The summed E-state index contributed by atoms with van der Waals surface area (Å²) < 4.78 is 14.3. The Labute approximate surface area is 148 Å². The van der Waals surface area contributed by atoms with Crippen LogP contribution in [0.2, 0.25) is 0 Å². The highest BCUT2D eigenvalue weighted by atomic mass is 32.1. The Hall–Kier alpha value is -2.41. The van der Waals surface area contributed by atoms with Gasteiger partial charge >= 0.3 is 0 Å². The van der Waals surface area contributed by atoms with E-state index in [0.29, 0.717) is 16.2 Å². The fraction of sp³-hybridized carbons (Fsp3) is 0.333. The van der Waals surface area contributed by atoms with Crippen molar-refractivity contribution in [3.63, 3.8) is 0 Å². The maximum atomic E-state index is 14.3. The van der Waals surface area contributed by atoms with Gasteiger partial charge in [0.05, 0.1) is 22.3 Å². The first-order chi connectivity index (χ1) is 12.2.